The van der Waals surface area contributed by atoms with E-state index in [1.54, 1.807) is 43.5 Å². The molecule has 3 N–H and O–H groups in total. The number of carbonyl (C=O) groups is 1. The fourth-order valence-corrected chi connectivity index (χ4v) is 1.84. The van der Waals surface area contributed by atoms with Crippen molar-refractivity contribution in [3.05, 3.63) is 65.2 Å². The Bertz CT molecular complexity index is 651. The van der Waals surface area contributed by atoms with Gasteiger partial charge in [-0.15, -0.1) is 0 Å². The number of carbonyl (C=O) groups excluding carboxylic acids is 1. The van der Waals surface area contributed by atoms with Crippen molar-refractivity contribution < 1.29 is 14.3 Å². The molecule has 0 atom stereocenters. The number of rotatable bonds is 5. The van der Waals surface area contributed by atoms with E-state index in [1.807, 2.05) is 12.1 Å². The largest absolute Gasteiger partial charge is 0.497 e. The average Bonchev–Trinajstić information content (AvgIpc) is 2.53. The summed E-state index contributed by atoms with van der Waals surface area (Å²) in [6.07, 6.45) is 0. The van der Waals surface area contributed by atoms with Gasteiger partial charge >= 0.3 is 5.97 Å². The van der Waals surface area contributed by atoms with Gasteiger partial charge in [-0.3, -0.25) is 5.41 Å². The van der Waals surface area contributed by atoms with Gasteiger partial charge in [-0.2, -0.15) is 0 Å². The van der Waals surface area contributed by atoms with E-state index in [9.17, 15) is 4.79 Å². The number of nitrogens with one attached hydrogen (secondary N) is 1. The highest BCUT2D eigenvalue weighted by Crippen LogP contribution is 2.14. The summed E-state index contributed by atoms with van der Waals surface area (Å²) in [7, 11) is 1.59. The lowest BCUT2D eigenvalue weighted by Gasteiger charge is -2.09. The number of hydrogen-bond donors (Lipinski definition) is 2. The average molecular weight is 284 g/mol. The topological polar surface area (TPSA) is 85.4 Å². The van der Waals surface area contributed by atoms with E-state index in [0.29, 0.717) is 11.1 Å². The molecule has 0 aromatic heterocycles. The third kappa shape index (κ3) is 3.60. The molecule has 0 amide bonds. The van der Waals surface area contributed by atoms with Crippen molar-refractivity contribution >= 4 is 11.8 Å². The quantitative estimate of drug-likeness (QED) is 0.501. The number of hydrogen-bond acceptors (Lipinski definition) is 4. The lowest BCUT2D eigenvalue weighted by atomic mass is 10.1. The van der Waals surface area contributed by atoms with Crippen LogP contribution in [0.5, 0.6) is 5.75 Å². The van der Waals surface area contributed by atoms with Crippen molar-refractivity contribution in [2.75, 3.05) is 7.11 Å². The summed E-state index contributed by atoms with van der Waals surface area (Å²) >= 11 is 0. The second-order valence-corrected chi connectivity index (χ2v) is 4.38. The zero-order valence-corrected chi connectivity index (χ0v) is 11.6. The molecule has 0 unspecified atom stereocenters. The van der Waals surface area contributed by atoms with Crippen LogP contribution in [0.3, 0.4) is 0 Å². The van der Waals surface area contributed by atoms with Crippen LogP contribution in [-0.4, -0.2) is 18.9 Å². The molecule has 0 aliphatic heterocycles. The molecule has 5 heteroatoms. The van der Waals surface area contributed by atoms with Gasteiger partial charge in [-0.1, -0.05) is 30.3 Å². The molecule has 2 rings (SSSR count). The van der Waals surface area contributed by atoms with E-state index < -0.39 is 5.97 Å². The molecule has 0 spiro atoms. The van der Waals surface area contributed by atoms with Gasteiger partial charge in [0.05, 0.1) is 12.7 Å². The Morgan fingerprint density at radius 2 is 1.71 bits per heavy atom. The molecule has 0 heterocycles. The van der Waals surface area contributed by atoms with Crippen molar-refractivity contribution in [3.8, 4) is 5.75 Å². The van der Waals surface area contributed by atoms with Gasteiger partial charge in [0.2, 0.25) is 0 Å². The van der Waals surface area contributed by atoms with Crippen LogP contribution in [0.15, 0.2) is 48.5 Å². The Hall–Kier alpha value is -2.82. The highest BCUT2D eigenvalue weighted by Gasteiger charge is 2.14. The number of amidine groups is 1. The van der Waals surface area contributed by atoms with Crippen LogP contribution in [0.25, 0.3) is 0 Å². The van der Waals surface area contributed by atoms with Crippen LogP contribution in [0, 0.1) is 5.41 Å². The molecule has 0 saturated heterocycles. The first-order valence-corrected chi connectivity index (χ1v) is 6.35. The normalized spacial score (nSPS) is 9.95. The SMILES string of the molecule is COc1ccc(COC(=O)c2ccccc2C(=N)N)cc1. The minimum atomic E-state index is -0.503. The Morgan fingerprint density at radius 3 is 2.29 bits per heavy atom. The summed E-state index contributed by atoms with van der Waals surface area (Å²) in [6, 6.07) is 13.9. The predicted molar refractivity (Wildman–Crippen MR) is 79.6 cm³/mol. The van der Waals surface area contributed by atoms with E-state index in [-0.39, 0.29) is 12.4 Å². The van der Waals surface area contributed by atoms with Crippen molar-refractivity contribution in [2.45, 2.75) is 6.61 Å². The smallest absolute Gasteiger partial charge is 0.339 e. The molecular formula is C16H16N2O3. The van der Waals surface area contributed by atoms with Gasteiger partial charge < -0.3 is 15.2 Å². The predicted octanol–water partition coefficient (Wildman–Crippen LogP) is 2.34. The third-order valence-corrected chi connectivity index (χ3v) is 2.97. The number of nitrogen functional groups attached to an aromatic ring is 1. The molecule has 5 nitrogen and oxygen atoms in total. The molecule has 21 heavy (non-hydrogen) atoms. The maximum absolute atomic E-state index is 12.1. The fourth-order valence-electron chi connectivity index (χ4n) is 1.84. The summed E-state index contributed by atoms with van der Waals surface area (Å²) in [6.45, 7) is 0.148. The van der Waals surface area contributed by atoms with Crippen LogP contribution >= 0.6 is 0 Å². The number of benzene rings is 2. The van der Waals surface area contributed by atoms with Crippen LogP contribution in [-0.2, 0) is 11.3 Å². The summed E-state index contributed by atoms with van der Waals surface area (Å²) in [4.78, 5) is 12.1. The van der Waals surface area contributed by atoms with Crippen LogP contribution in [0.4, 0.5) is 0 Å². The van der Waals surface area contributed by atoms with E-state index in [2.05, 4.69) is 0 Å². The molecule has 0 radical (unpaired) electrons. The second kappa shape index (κ2) is 6.56. The van der Waals surface area contributed by atoms with Crippen LogP contribution in [0.2, 0.25) is 0 Å². The molecule has 2 aromatic carbocycles. The first-order chi connectivity index (χ1) is 10.1. The van der Waals surface area contributed by atoms with E-state index in [4.69, 9.17) is 20.6 Å². The molecule has 0 bridgehead atoms. The summed E-state index contributed by atoms with van der Waals surface area (Å²) in [5, 5.41) is 7.47. The van der Waals surface area contributed by atoms with Gasteiger partial charge in [-0.25, -0.2) is 4.79 Å². The van der Waals surface area contributed by atoms with Gasteiger partial charge in [0, 0.05) is 5.56 Å². The number of ether oxygens (including phenoxy) is 2. The maximum Gasteiger partial charge on any atom is 0.339 e. The molecule has 0 saturated carbocycles. The first-order valence-electron chi connectivity index (χ1n) is 6.35. The minimum absolute atomic E-state index is 0.148. The highest BCUT2D eigenvalue weighted by molar-refractivity contribution is 6.05. The molecule has 0 aliphatic rings. The molecule has 0 fully saturated rings. The standard InChI is InChI=1S/C16H16N2O3/c1-20-12-8-6-11(7-9-12)10-21-16(19)14-5-3-2-4-13(14)15(17)18/h2-9H,10H2,1H3,(H3,17,18). The number of esters is 1. The van der Waals surface area contributed by atoms with E-state index >= 15 is 0 Å². The lowest BCUT2D eigenvalue weighted by Crippen LogP contribution is -2.17. The molecule has 2 aromatic rings. The van der Waals surface area contributed by atoms with Gasteiger partial charge in [0.25, 0.3) is 0 Å². The van der Waals surface area contributed by atoms with Crippen LogP contribution in [0.1, 0.15) is 21.5 Å². The Labute approximate surface area is 122 Å². The Balaban J connectivity index is 2.06. The van der Waals surface area contributed by atoms with Crippen molar-refractivity contribution in [3.63, 3.8) is 0 Å². The second-order valence-electron chi connectivity index (χ2n) is 4.38. The third-order valence-electron chi connectivity index (χ3n) is 2.97. The molecular weight excluding hydrogens is 268 g/mol. The molecule has 108 valence electrons. The first kappa shape index (κ1) is 14.6. The monoisotopic (exact) mass is 284 g/mol. The van der Waals surface area contributed by atoms with Crippen molar-refractivity contribution in [2.24, 2.45) is 5.73 Å². The minimum Gasteiger partial charge on any atom is -0.497 e. The van der Waals surface area contributed by atoms with Gasteiger partial charge in [0.15, 0.2) is 0 Å². The summed E-state index contributed by atoms with van der Waals surface area (Å²) < 4.78 is 10.3. The van der Waals surface area contributed by atoms with Crippen molar-refractivity contribution in [1.82, 2.24) is 0 Å². The zero-order valence-electron chi connectivity index (χ0n) is 11.6. The van der Waals surface area contributed by atoms with Crippen molar-refractivity contribution in [1.29, 1.82) is 5.41 Å². The highest BCUT2D eigenvalue weighted by atomic mass is 16.5. The number of methoxy groups -OCH3 is 1. The summed E-state index contributed by atoms with van der Waals surface area (Å²) in [5.41, 5.74) is 6.97. The number of nitrogens with two attached hydrogens (primary N) is 1. The summed E-state index contributed by atoms with van der Waals surface area (Å²) in [5.74, 6) is 0.0793. The van der Waals surface area contributed by atoms with Gasteiger partial charge in [0.1, 0.15) is 18.2 Å². The van der Waals surface area contributed by atoms with E-state index in [1.165, 1.54) is 0 Å². The fraction of sp³-hybridized carbons (Fsp3) is 0.125. The Morgan fingerprint density at radius 1 is 1.10 bits per heavy atom. The zero-order chi connectivity index (χ0) is 15.2. The lowest BCUT2D eigenvalue weighted by molar-refractivity contribution is 0.0472. The van der Waals surface area contributed by atoms with Gasteiger partial charge in [-0.05, 0) is 23.8 Å². The van der Waals surface area contributed by atoms with Crippen LogP contribution < -0.4 is 10.5 Å². The van der Waals surface area contributed by atoms with E-state index in [0.717, 1.165) is 11.3 Å². The Kier molecular flexibility index (Phi) is 4.56. The molecule has 0 aliphatic carbocycles. The maximum atomic E-state index is 12.1.